The number of aliphatic imine (C=N–C) groups is 1. The Morgan fingerprint density at radius 2 is 2.25 bits per heavy atom. The van der Waals surface area contributed by atoms with Gasteiger partial charge in [-0.05, 0) is 25.7 Å². The van der Waals surface area contributed by atoms with Crippen molar-refractivity contribution in [2.75, 3.05) is 33.4 Å². The molecule has 24 heavy (non-hydrogen) atoms. The van der Waals surface area contributed by atoms with E-state index in [4.69, 9.17) is 9.26 Å². The molecule has 0 bridgehead atoms. The first-order chi connectivity index (χ1) is 11.7. The van der Waals surface area contributed by atoms with E-state index in [1.54, 1.807) is 0 Å². The summed E-state index contributed by atoms with van der Waals surface area (Å²) in [6, 6.07) is 2.08. The van der Waals surface area contributed by atoms with Gasteiger partial charge in [0.05, 0.1) is 18.8 Å². The van der Waals surface area contributed by atoms with E-state index in [9.17, 15) is 0 Å². The van der Waals surface area contributed by atoms with Gasteiger partial charge in [0.2, 0.25) is 0 Å². The van der Waals surface area contributed by atoms with Gasteiger partial charge < -0.3 is 19.5 Å². The zero-order valence-electron chi connectivity index (χ0n) is 15.2. The standard InChI is InChI=1S/C18H30N4O2/c1-4-14(5-2)16-10-15(24-21-16)11-20-17(19-3)22-8-6-18(12-22)7-9-23-13-18/h10,14H,4-9,11-13H2,1-3H3,(H,19,20). The molecule has 1 aromatic rings. The first kappa shape index (κ1) is 17.3. The summed E-state index contributed by atoms with van der Waals surface area (Å²) in [6.07, 6.45) is 4.54. The largest absolute Gasteiger partial charge is 0.381 e. The molecule has 0 radical (unpaired) electrons. The van der Waals surface area contributed by atoms with E-state index in [1.165, 1.54) is 12.8 Å². The summed E-state index contributed by atoms with van der Waals surface area (Å²) < 4.78 is 11.1. The molecule has 1 N–H and O–H groups in total. The van der Waals surface area contributed by atoms with Crippen LogP contribution in [-0.2, 0) is 11.3 Å². The fraction of sp³-hybridized carbons (Fsp3) is 0.778. The normalized spacial score (nSPS) is 24.5. The highest BCUT2D eigenvalue weighted by Crippen LogP contribution is 2.38. The lowest BCUT2D eigenvalue weighted by Crippen LogP contribution is -2.41. The monoisotopic (exact) mass is 334 g/mol. The molecule has 0 saturated carbocycles. The Morgan fingerprint density at radius 3 is 2.92 bits per heavy atom. The summed E-state index contributed by atoms with van der Waals surface area (Å²) in [5.74, 6) is 2.30. The van der Waals surface area contributed by atoms with Crippen molar-refractivity contribution in [1.29, 1.82) is 0 Å². The molecular formula is C18H30N4O2. The highest BCUT2D eigenvalue weighted by molar-refractivity contribution is 5.80. The third-order valence-electron chi connectivity index (χ3n) is 5.54. The van der Waals surface area contributed by atoms with Gasteiger partial charge in [-0.3, -0.25) is 4.99 Å². The molecule has 2 fully saturated rings. The maximum atomic E-state index is 5.61. The summed E-state index contributed by atoms with van der Waals surface area (Å²) in [5.41, 5.74) is 1.40. The van der Waals surface area contributed by atoms with Crippen molar-refractivity contribution < 1.29 is 9.26 Å². The summed E-state index contributed by atoms with van der Waals surface area (Å²) in [6.45, 7) is 8.87. The van der Waals surface area contributed by atoms with Crippen molar-refractivity contribution in [3.8, 4) is 0 Å². The molecule has 0 aromatic carbocycles. The fourth-order valence-corrected chi connectivity index (χ4v) is 3.90. The van der Waals surface area contributed by atoms with E-state index in [1.807, 2.05) is 7.05 Å². The molecule has 134 valence electrons. The third kappa shape index (κ3) is 3.58. The number of hydrogen-bond donors (Lipinski definition) is 1. The molecule has 3 rings (SSSR count). The van der Waals surface area contributed by atoms with Crippen LogP contribution >= 0.6 is 0 Å². The van der Waals surface area contributed by atoms with Crippen LogP contribution in [0.2, 0.25) is 0 Å². The molecule has 2 aliphatic heterocycles. The number of rotatable bonds is 5. The molecule has 6 heteroatoms. The molecule has 1 unspecified atom stereocenters. The topological polar surface area (TPSA) is 62.9 Å². The summed E-state index contributed by atoms with van der Waals surface area (Å²) in [4.78, 5) is 6.78. The van der Waals surface area contributed by atoms with Gasteiger partial charge in [0.25, 0.3) is 0 Å². The molecule has 0 amide bonds. The van der Waals surface area contributed by atoms with E-state index < -0.39 is 0 Å². The first-order valence-corrected chi connectivity index (χ1v) is 9.18. The van der Waals surface area contributed by atoms with Crippen LogP contribution in [0.5, 0.6) is 0 Å². The smallest absolute Gasteiger partial charge is 0.194 e. The molecule has 1 atom stereocenters. The van der Waals surface area contributed by atoms with Crippen molar-refractivity contribution in [3.05, 3.63) is 17.5 Å². The zero-order chi connectivity index (χ0) is 17.0. The molecular weight excluding hydrogens is 304 g/mol. The number of likely N-dealkylation sites (tertiary alicyclic amines) is 1. The van der Waals surface area contributed by atoms with Crippen LogP contribution in [0.25, 0.3) is 0 Å². The maximum absolute atomic E-state index is 5.61. The van der Waals surface area contributed by atoms with E-state index in [0.29, 0.717) is 17.9 Å². The predicted molar refractivity (Wildman–Crippen MR) is 94.1 cm³/mol. The molecule has 6 nitrogen and oxygen atoms in total. The number of hydrogen-bond acceptors (Lipinski definition) is 4. The highest BCUT2D eigenvalue weighted by Gasteiger charge is 2.42. The SMILES string of the molecule is CCC(CC)c1cc(CNC(=NC)N2CCC3(CCOC3)C2)on1. The van der Waals surface area contributed by atoms with Gasteiger partial charge in [-0.1, -0.05) is 19.0 Å². The zero-order valence-corrected chi connectivity index (χ0v) is 15.2. The van der Waals surface area contributed by atoms with Crippen LogP contribution in [0, 0.1) is 5.41 Å². The lowest BCUT2D eigenvalue weighted by atomic mass is 9.87. The van der Waals surface area contributed by atoms with Gasteiger partial charge >= 0.3 is 0 Å². The molecule has 1 aromatic heterocycles. The number of nitrogens with one attached hydrogen (secondary N) is 1. The Labute approximate surface area is 144 Å². The lowest BCUT2D eigenvalue weighted by Gasteiger charge is -2.24. The Morgan fingerprint density at radius 1 is 1.42 bits per heavy atom. The second-order valence-corrected chi connectivity index (χ2v) is 7.11. The van der Waals surface area contributed by atoms with E-state index >= 15 is 0 Å². The van der Waals surface area contributed by atoms with Crippen LogP contribution < -0.4 is 5.32 Å². The van der Waals surface area contributed by atoms with Crippen molar-refractivity contribution in [1.82, 2.24) is 15.4 Å². The molecule has 3 heterocycles. The quantitative estimate of drug-likeness (QED) is 0.663. The second kappa shape index (κ2) is 7.55. The Bertz CT molecular complexity index is 559. The van der Waals surface area contributed by atoms with Gasteiger partial charge in [0.15, 0.2) is 11.7 Å². The van der Waals surface area contributed by atoms with E-state index in [0.717, 1.165) is 56.6 Å². The fourth-order valence-electron chi connectivity index (χ4n) is 3.90. The number of guanidine groups is 1. The van der Waals surface area contributed by atoms with Gasteiger partial charge in [-0.2, -0.15) is 0 Å². The van der Waals surface area contributed by atoms with Crippen LogP contribution in [0.1, 0.15) is 56.9 Å². The highest BCUT2D eigenvalue weighted by atomic mass is 16.5. The minimum atomic E-state index is 0.340. The van der Waals surface area contributed by atoms with Crippen LogP contribution in [0.3, 0.4) is 0 Å². The van der Waals surface area contributed by atoms with Crippen molar-refractivity contribution in [2.24, 2.45) is 10.4 Å². The van der Waals surface area contributed by atoms with Crippen molar-refractivity contribution in [3.63, 3.8) is 0 Å². The average Bonchev–Trinajstić information content (AvgIpc) is 3.33. The number of nitrogens with zero attached hydrogens (tertiary/aromatic N) is 3. The summed E-state index contributed by atoms with van der Waals surface area (Å²) in [5, 5.41) is 7.66. The number of aromatic nitrogens is 1. The van der Waals surface area contributed by atoms with Crippen LogP contribution in [0.15, 0.2) is 15.6 Å². The van der Waals surface area contributed by atoms with E-state index in [2.05, 4.69) is 40.3 Å². The molecule has 2 saturated heterocycles. The predicted octanol–water partition coefficient (Wildman–Crippen LogP) is 2.77. The van der Waals surface area contributed by atoms with Gasteiger partial charge in [0.1, 0.15) is 0 Å². The van der Waals surface area contributed by atoms with Crippen molar-refractivity contribution >= 4 is 5.96 Å². The lowest BCUT2D eigenvalue weighted by molar-refractivity contribution is 0.156. The molecule has 2 aliphatic rings. The van der Waals surface area contributed by atoms with E-state index in [-0.39, 0.29) is 0 Å². The molecule has 0 aliphatic carbocycles. The maximum Gasteiger partial charge on any atom is 0.194 e. The second-order valence-electron chi connectivity index (χ2n) is 7.11. The third-order valence-corrected chi connectivity index (χ3v) is 5.54. The Balaban J connectivity index is 1.55. The Kier molecular flexibility index (Phi) is 5.43. The summed E-state index contributed by atoms with van der Waals surface area (Å²) in [7, 11) is 1.84. The van der Waals surface area contributed by atoms with Crippen LogP contribution in [-0.4, -0.2) is 49.4 Å². The van der Waals surface area contributed by atoms with Gasteiger partial charge in [0, 0.05) is 44.1 Å². The number of ether oxygens (including phenoxy) is 1. The molecule has 1 spiro atoms. The van der Waals surface area contributed by atoms with Crippen LogP contribution in [0.4, 0.5) is 0 Å². The minimum absolute atomic E-state index is 0.340. The average molecular weight is 334 g/mol. The minimum Gasteiger partial charge on any atom is -0.381 e. The van der Waals surface area contributed by atoms with Crippen molar-refractivity contribution in [2.45, 2.75) is 52.0 Å². The first-order valence-electron chi connectivity index (χ1n) is 9.18. The Hall–Kier alpha value is -1.56. The summed E-state index contributed by atoms with van der Waals surface area (Å²) >= 11 is 0. The van der Waals surface area contributed by atoms with Gasteiger partial charge in [-0.15, -0.1) is 0 Å². The van der Waals surface area contributed by atoms with Gasteiger partial charge in [-0.25, -0.2) is 0 Å².